The molecule has 0 aliphatic carbocycles. The largest absolute Gasteiger partial charge is 0.573 e. The maximum atomic E-state index is 13.5. The number of halogens is 4. The molecule has 13 heteroatoms. The molecule has 1 unspecified atom stereocenters. The summed E-state index contributed by atoms with van der Waals surface area (Å²) in [5.74, 6) is -0.160. The van der Waals surface area contributed by atoms with E-state index in [9.17, 15) is 22.8 Å². The summed E-state index contributed by atoms with van der Waals surface area (Å²) in [7, 11) is 5.19. The summed E-state index contributed by atoms with van der Waals surface area (Å²) in [4.78, 5) is 30.0. The number of aromatic nitrogens is 2. The Balaban J connectivity index is 1.74. The van der Waals surface area contributed by atoms with Gasteiger partial charge in [-0.3, -0.25) is 13.9 Å². The van der Waals surface area contributed by atoms with Gasteiger partial charge >= 0.3 is 12.1 Å². The summed E-state index contributed by atoms with van der Waals surface area (Å²) in [6, 6.07) is 12.0. The zero-order valence-corrected chi connectivity index (χ0v) is 21.0. The van der Waals surface area contributed by atoms with Crippen molar-refractivity contribution in [1.29, 1.82) is 0 Å². The van der Waals surface area contributed by atoms with Gasteiger partial charge in [-0.05, 0) is 43.9 Å². The van der Waals surface area contributed by atoms with E-state index in [1.165, 1.54) is 23.7 Å². The molecule has 0 fully saturated rings. The van der Waals surface area contributed by atoms with E-state index in [0.29, 0.717) is 11.6 Å². The van der Waals surface area contributed by atoms with Gasteiger partial charge in [-0.15, -0.1) is 13.2 Å². The van der Waals surface area contributed by atoms with Crippen LogP contribution in [0.5, 0.6) is 11.5 Å². The molecule has 1 atom stereocenters. The first-order valence-corrected chi connectivity index (χ1v) is 11.6. The Kier molecular flexibility index (Phi) is 7.42. The topological polar surface area (TPSA) is 81.0 Å². The van der Waals surface area contributed by atoms with Crippen LogP contribution in [0, 0.1) is 0 Å². The van der Waals surface area contributed by atoms with Crippen molar-refractivity contribution in [3.05, 3.63) is 80.0 Å². The zero-order valence-electron chi connectivity index (χ0n) is 20.3. The Bertz CT molecular complexity index is 1390. The SMILES string of the molecule is CN(C)CCn1c(=O)c2c(n(C)c1=O)NC(Oc1cccc(OC(F)(F)F)c1)N2Cc1ccc(Cl)cc1. The fraction of sp³-hybridized carbons (Fsp3) is 0.333. The van der Waals surface area contributed by atoms with Crippen LogP contribution < -0.4 is 30.9 Å². The maximum Gasteiger partial charge on any atom is 0.573 e. The molecule has 1 N–H and O–H groups in total. The predicted octanol–water partition coefficient (Wildman–Crippen LogP) is 3.46. The molecule has 1 aliphatic heterocycles. The van der Waals surface area contributed by atoms with Gasteiger partial charge in [0.2, 0.25) is 0 Å². The first-order chi connectivity index (χ1) is 17.4. The van der Waals surface area contributed by atoms with E-state index >= 15 is 0 Å². The lowest BCUT2D eigenvalue weighted by Gasteiger charge is -2.27. The molecule has 0 bridgehead atoms. The summed E-state index contributed by atoms with van der Waals surface area (Å²) >= 11 is 6.01. The second-order valence-corrected chi connectivity index (χ2v) is 9.13. The molecular formula is C24H25ClF3N5O4. The number of hydrogen-bond acceptors (Lipinski definition) is 7. The third kappa shape index (κ3) is 6.03. The molecule has 9 nitrogen and oxygen atoms in total. The first kappa shape index (κ1) is 26.4. The van der Waals surface area contributed by atoms with Crippen molar-refractivity contribution in [3.63, 3.8) is 0 Å². The van der Waals surface area contributed by atoms with Gasteiger partial charge in [0.15, 0.2) is 0 Å². The molecule has 0 radical (unpaired) electrons. The standard InChI is InChI=1S/C24H25ClF3N5O4/c1-30(2)11-12-32-21(34)19-20(31(3)23(32)35)29-22(33(19)14-15-7-9-16(25)10-8-15)36-17-5-4-6-18(13-17)37-24(26,27)28/h4-10,13,22,29H,11-12,14H2,1-3H3. The molecule has 0 spiro atoms. The molecule has 37 heavy (non-hydrogen) atoms. The number of alkyl halides is 3. The van der Waals surface area contributed by atoms with Crippen molar-refractivity contribution in [2.24, 2.45) is 7.05 Å². The van der Waals surface area contributed by atoms with E-state index in [0.717, 1.165) is 22.3 Å². The van der Waals surface area contributed by atoms with E-state index in [1.54, 1.807) is 29.2 Å². The van der Waals surface area contributed by atoms with E-state index in [4.69, 9.17) is 16.3 Å². The number of rotatable bonds is 8. The molecule has 2 aromatic carbocycles. The van der Waals surface area contributed by atoms with Gasteiger partial charge < -0.3 is 24.6 Å². The molecule has 0 amide bonds. The van der Waals surface area contributed by atoms with E-state index < -0.39 is 29.7 Å². The van der Waals surface area contributed by atoms with E-state index in [1.807, 2.05) is 19.0 Å². The van der Waals surface area contributed by atoms with Crippen LogP contribution in [0.2, 0.25) is 5.02 Å². The van der Waals surface area contributed by atoms with Gasteiger partial charge in [0.25, 0.3) is 11.9 Å². The Hall–Kier alpha value is -3.64. The molecule has 0 saturated heterocycles. The number of benzene rings is 2. The van der Waals surface area contributed by atoms with Crippen LogP contribution in [-0.2, 0) is 20.1 Å². The number of fused-ring (bicyclic) bond motifs is 1. The highest BCUT2D eigenvalue weighted by atomic mass is 35.5. The second-order valence-electron chi connectivity index (χ2n) is 8.69. The predicted molar refractivity (Wildman–Crippen MR) is 133 cm³/mol. The molecular weight excluding hydrogens is 515 g/mol. The molecule has 1 aliphatic rings. The fourth-order valence-electron chi connectivity index (χ4n) is 3.90. The van der Waals surface area contributed by atoms with Gasteiger partial charge in [-0.25, -0.2) is 4.79 Å². The molecule has 4 rings (SSSR count). The normalized spacial score (nSPS) is 15.0. The zero-order chi connectivity index (χ0) is 26.9. The van der Waals surface area contributed by atoms with Gasteiger partial charge in [-0.1, -0.05) is 29.8 Å². The number of hydrogen-bond donors (Lipinski definition) is 1. The average molecular weight is 540 g/mol. The Morgan fingerprint density at radius 2 is 1.76 bits per heavy atom. The molecule has 2 heterocycles. The molecule has 198 valence electrons. The number of likely N-dealkylation sites (N-methyl/N-ethyl adjacent to an activating group) is 1. The smallest absolute Gasteiger partial charge is 0.452 e. The van der Waals surface area contributed by atoms with E-state index in [2.05, 4.69) is 10.1 Å². The highest BCUT2D eigenvalue weighted by molar-refractivity contribution is 6.30. The van der Waals surface area contributed by atoms with Crippen LogP contribution in [-0.4, -0.2) is 47.4 Å². The van der Waals surface area contributed by atoms with Crippen LogP contribution in [0.15, 0.2) is 58.1 Å². The van der Waals surface area contributed by atoms with Crippen molar-refractivity contribution in [2.45, 2.75) is 25.8 Å². The first-order valence-electron chi connectivity index (χ1n) is 11.2. The van der Waals surface area contributed by atoms with Gasteiger partial charge in [0.05, 0.1) is 0 Å². The second kappa shape index (κ2) is 10.4. The third-order valence-electron chi connectivity index (χ3n) is 5.68. The molecule has 3 aromatic rings. The van der Waals surface area contributed by atoms with Crippen LogP contribution in [0.1, 0.15) is 5.56 Å². The van der Waals surface area contributed by atoms with Crippen molar-refractivity contribution in [2.75, 3.05) is 30.9 Å². The Morgan fingerprint density at radius 1 is 1.08 bits per heavy atom. The van der Waals surface area contributed by atoms with Gasteiger partial charge in [-0.2, -0.15) is 0 Å². The van der Waals surface area contributed by atoms with Crippen LogP contribution in [0.3, 0.4) is 0 Å². The Morgan fingerprint density at radius 3 is 2.41 bits per heavy atom. The lowest BCUT2D eigenvalue weighted by Crippen LogP contribution is -2.44. The number of ether oxygens (including phenoxy) is 2. The van der Waals surface area contributed by atoms with Crippen LogP contribution >= 0.6 is 11.6 Å². The van der Waals surface area contributed by atoms with Crippen molar-refractivity contribution in [1.82, 2.24) is 14.0 Å². The van der Waals surface area contributed by atoms with Crippen molar-refractivity contribution in [3.8, 4) is 11.5 Å². The number of anilines is 2. The minimum Gasteiger partial charge on any atom is -0.452 e. The van der Waals surface area contributed by atoms with Crippen LogP contribution in [0.4, 0.5) is 24.7 Å². The average Bonchev–Trinajstić information content (AvgIpc) is 3.16. The van der Waals surface area contributed by atoms with E-state index in [-0.39, 0.29) is 30.3 Å². The van der Waals surface area contributed by atoms with Crippen LogP contribution in [0.25, 0.3) is 0 Å². The third-order valence-corrected chi connectivity index (χ3v) is 5.93. The summed E-state index contributed by atoms with van der Waals surface area (Å²) in [6.45, 7) is 0.815. The highest BCUT2D eigenvalue weighted by Crippen LogP contribution is 2.34. The summed E-state index contributed by atoms with van der Waals surface area (Å²) < 4.78 is 50.5. The quantitative estimate of drug-likeness (QED) is 0.469. The lowest BCUT2D eigenvalue weighted by atomic mass is 10.2. The fourth-order valence-corrected chi connectivity index (χ4v) is 4.03. The van der Waals surface area contributed by atoms with Crippen molar-refractivity contribution >= 4 is 23.1 Å². The maximum absolute atomic E-state index is 13.5. The number of nitrogens with zero attached hydrogens (tertiary/aromatic N) is 4. The summed E-state index contributed by atoms with van der Waals surface area (Å²) in [5, 5.41) is 3.56. The van der Waals surface area contributed by atoms with Gasteiger partial charge in [0, 0.05) is 37.8 Å². The molecule has 0 saturated carbocycles. The monoisotopic (exact) mass is 539 g/mol. The minimum atomic E-state index is -4.86. The summed E-state index contributed by atoms with van der Waals surface area (Å²) in [5.41, 5.74) is -0.0363. The lowest BCUT2D eigenvalue weighted by molar-refractivity contribution is -0.274. The Labute approximate surface area is 215 Å². The summed E-state index contributed by atoms with van der Waals surface area (Å²) in [6.07, 6.45) is -5.88. The van der Waals surface area contributed by atoms with Crippen molar-refractivity contribution < 1.29 is 22.6 Å². The van der Waals surface area contributed by atoms with Gasteiger partial charge in [0.1, 0.15) is 23.0 Å². The minimum absolute atomic E-state index is 0.0612. The highest BCUT2D eigenvalue weighted by Gasteiger charge is 2.37. The molecule has 1 aromatic heterocycles. The number of nitrogens with one attached hydrogen (secondary N) is 1.